The zero-order valence-corrected chi connectivity index (χ0v) is 22.3. The lowest BCUT2D eigenvalue weighted by Crippen LogP contribution is -2.36. The van der Waals surface area contributed by atoms with E-state index in [2.05, 4.69) is 128 Å². The van der Waals surface area contributed by atoms with Gasteiger partial charge in [-0.05, 0) is 48.9 Å². The van der Waals surface area contributed by atoms with Gasteiger partial charge in [0.15, 0.2) is 0 Å². The van der Waals surface area contributed by atoms with Crippen molar-refractivity contribution < 1.29 is 14.6 Å². The summed E-state index contributed by atoms with van der Waals surface area (Å²) in [6.07, 6.45) is 0. The number of carboxylic acids is 1. The molecule has 5 rings (SSSR count). The van der Waals surface area contributed by atoms with Crippen molar-refractivity contribution in [2.75, 3.05) is 6.61 Å². The molecule has 0 amide bonds. The van der Waals surface area contributed by atoms with E-state index in [1.165, 1.54) is 33.6 Å². The van der Waals surface area contributed by atoms with E-state index in [0.29, 0.717) is 6.61 Å². The molecule has 0 aliphatic rings. The van der Waals surface area contributed by atoms with Gasteiger partial charge in [-0.1, -0.05) is 115 Å². The number of carbonyl (C=O) groups is 1. The van der Waals surface area contributed by atoms with Gasteiger partial charge in [0.05, 0.1) is 5.97 Å². The van der Waals surface area contributed by atoms with Crippen molar-refractivity contribution in [3.63, 3.8) is 0 Å². The van der Waals surface area contributed by atoms with Gasteiger partial charge in [-0.2, -0.15) is 0 Å². The van der Waals surface area contributed by atoms with Crippen LogP contribution in [0.25, 0.3) is 0 Å². The Morgan fingerprint density at radius 1 is 0.605 bits per heavy atom. The summed E-state index contributed by atoms with van der Waals surface area (Å²) in [5.74, 6) is -1.18. The number of ether oxygens (including phenoxy) is 1. The van der Waals surface area contributed by atoms with E-state index >= 15 is 0 Å². The maximum atomic E-state index is 10.1. The van der Waals surface area contributed by atoms with Crippen LogP contribution in [0.1, 0.15) is 28.7 Å². The van der Waals surface area contributed by atoms with Crippen LogP contribution in [0.5, 0.6) is 0 Å². The number of hydrogen-bond donors (Lipinski definition) is 0. The summed E-state index contributed by atoms with van der Waals surface area (Å²) in [4.78, 5) is 10.1. The molecule has 38 heavy (non-hydrogen) atoms. The highest BCUT2D eigenvalue weighted by Crippen LogP contribution is 2.67. The molecule has 4 heteroatoms. The second-order valence-corrected chi connectivity index (χ2v) is 12.1. The van der Waals surface area contributed by atoms with Crippen molar-refractivity contribution in [3.05, 3.63) is 163 Å². The standard InChI is InChI=1S/C27H26OP.C7H6O2/c1-2-28-27(23-15-7-3-8-16-23)29(24-17-9-4-10-18-24,25-19-11-5-12-20-25)26-21-13-6-14-22-26;8-7(9)6-4-2-1-3-5-6/h3-22,27H,2H2,1H3;1-5H,(H,8,9)/q+1;/p-1. The predicted octanol–water partition coefficient (Wildman–Crippen LogP) is 5.77. The van der Waals surface area contributed by atoms with E-state index in [9.17, 15) is 9.90 Å². The minimum atomic E-state index is -2.12. The van der Waals surface area contributed by atoms with Gasteiger partial charge < -0.3 is 14.6 Å². The number of benzene rings is 5. The fourth-order valence-corrected chi connectivity index (χ4v) is 9.25. The Bertz CT molecular complexity index is 1280. The molecule has 0 heterocycles. The third-order valence-corrected chi connectivity index (χ3v) is 10.7. The minimum Gasteiger partial charge on any atom is -0.545 e. The maximum absolute atomic E-state index is 10.1. The second kappa shape index (κ2) is 13.5. The molecule has 5 aromatic rings. The summed E-state index contributed by atoms with van der Waals surface area (Å²) in [5, 5.41) is 14.1. The third kappa shape index (κ3) is 6.08. The summed E-state index contributed by atoms with van der Waals surface area (Å²) >= 11 is 0. The number of hydrogen-bond acceptors (Lipinski definition) is 3. The van der Waals surface area contributed by atoms with Crippen LogP contribution in [-0.2, 0) is 4.74 Å². The lowest BCUT2D eigenvalue weighted by Gasteiger charge is -2.34. The molecule has 0 fully saturated rings. The largest absolute Gasteiger partial charge is 0.545 e. The maximum Gasteiger partial charge on any atom is 0.206 e. The molecule has 5 aromatic carbocycles. The Morgan fingerprint density at radius 2 is 0.947 bits per heavy atom. The summed E-state index contributed by atoms with van der Waals surface area (Å²) in [5.41, 5.74) is 1.44. The molecule has 0 saturated carbocycles. The number of aromatic carboxylic acids is 1. The first-order valence-electron chi connectivity index (χ1n) is 12.7. The van der Waals surface area contributed by atoms with Crippen molar-refractivity contribution in [2.24, 2.45) is 0 Å². The van der Waals surface area contributed by atoms with E-state index in [-0.39, 0.29) is 11.4 Å². The van der Waals surface area contributed by atoms with E-state index in [1.54, 1.807) is 18.2 Å². The van der Waals surface area contributed by atoms with E-state index in [4.69, 9.17) is 4.74 Å². The Morgan fingerprint density at radius 3 is 1.26 bits per heavy atom. The molecule has 1 atom stereocenters. The van der Waals surface area contributed by atoms with Gasteiger partial charge in [0.2, 0.25) is 5.85 Å². The molecular formula is C34H31O3P. The first-order chi connectivity index (χ1) is 18.7. The van der Waals surface area contributed by atoms with Crippen LogP contribution in [-0.4, -0.2) is 12.6 Å². The van der Waals surface area contributed by atoms with Gasteiger partial charge in [-0.25, -0.2) is 0 Å². The Hall–Kier alpha value is -4.04. The molecule has 0 saturated heterocycles. The van der Waals surface area contributed by atoms with Crippen LogP contribution in [0.2, 0.25) is 0 Å². The Kier molecular flexibility index (Phi) is 9.59. The zero-order valence-electron chi connectivity index (χ0n) is 21.4. The molecule has 0 aliphatic heterocycles. The van der Waals surface area contributed by atoms with Gasteiger partial charge in [0, 0.05) is 12.2 Å². The molecule has 0 aliphatic carbocycles. The van der Waals surface area contributed by atoms with Crippen LogP contribution in [0.15, 0.2) is 152 Å². The minimum absolute atomic E-state index is 0.0547. The van der Waals surface area contributed by atoms with Gasteiger partial charge >= 0.3 is 0 Å². The van der Waals surface area contributed by atoms with Gasteiger partial charge in [-0.15, -0.1) is 0 Å². The normalized spacial score (nSPS) is 11.6. The van der Waals surface area contributed by atoms with Crippen LogP contribution in [0.4, 0.5) is 0 Å². The highest BCUT2D eigenvalue weighted by Gasteiger charge is 2.54. The monoisotopic (exact) mass is 518 g/mol. The molecule has 190 valence electrons. The number of carbonyl (C=O) groups excluding carboxylic acids is 1. The average molecular weight is 519 g/mol. The molecule has 0 radical (unpaired) electrons. The van der Waals surface area contributed by atoms with Crippen molar-refractivity contribution in [3.8, 4) is 0 Å². The van der Waals surface area contributed by atoms with E-state index < -0.39 is 13.2 Å². The van der Waals surface area contributed by atoms with Crippen LogP contribution in [0, 0.1) is 0 Å². The molecular weight excluding hydrogens is 487 g/mol. The summed E-state index contributed by atoms with van der Waals surface area (Å²) in [6.45, 7) is 2.75. The molecule has 0 N–H and O–H groups in total. The van der Waals surface area contributed by atoms with Crippen LogP contribution in [0.3, 0.4) is 0 Å². The molecule has 0 aromatic heterocycles. The lowest BCUT2D eigenvalue weighted by molar-refractivity contribution is -0.255. The van der Waals surface area contributed by atoms with Crippen molar-refractivity contribution in [1.82, 2.24) is 0 Å². The highest BCUT2D eigenvalue weighted by molar-refractivity contribution is 7.95. The number of carboxylic acid groups (broad SMARTS) is 1. The zero-order chi connectivity index (χ0) is 26.6. The summed E-state index contributed by atoms with van der Waals surface area (Å²) < 4.78 is 6.61. The van der Waals surface area contributed by atoms with Crippen LogP contribution >= 0.6 is 7.26 Å². The predicted molar refractivity (Wildman–Crippen MR) is 157 cm³/mol. The molecule has 0 bridgehead atoms. The van der Waals surface area contributed by atoms with Gasteiger partial charge in [-0.3, -0.25) is 0 Å². The molecule has 3 nitrogen and oxygen atoms in total. The SMILES string of the molecule is CCOC(c1ccccc1)[P+](c1ccccc1)(c1ccccc1)c1ccccc1.O=C([O-])c1ccccc1. The Labute approximate surface area is 225 Å². The quantitative estimate of drug-likeness (QED) is 0.245. The number of rotatable bonds is 8. The lowest BCUT2D eigenvalue weighted by atomic mass is 10.2. The van der Waals surface area contributed by atoms with Gasteiger partial charge in [0.1, 0.15) is 23.2 Å². The van der Waals surface area contributed by atoms with Crippen molar-refractivity contribution in [2.45, 2.75) is 12.8 Å². The summed E-state index contributed by atoms with van der Waals surface area (Å²) in [6, 6.07) is 51.5. The summed E-state index contributed by atoms with van der Waals surface area (Å²) in [7, 11) is -2.12. The first-order valence-corrected chi connectivity index (χ1v) is 14.5. The first kappa shape index (κ1) is 27.0. The van der Waals surface area contributed by atoms with E-state index in [1.807, 2.05) is 0 Å². The van der Waals surface area contributed by atoms with Crippen molar-refractivity contribution in [1.29, 1.82) is 0 Å². The highest BCUT2D eigenvalue weighted by atomic mass is 31.2. The molecule has 0 spiro atoms. The smallest absolute Gasteiger partial charge is 0.206 e. The fraction of sp³-hybridized carbons (Fsp3) is 0.0882. The molecule has 1 unspecified atom stereocenters. The van der Waals surface area contributed by atoms with E-state index in [0.717, 1.165) is 0 Å². The second-order valence-electron chi connectivity index (χ2n) is 8.60. The van der Waals surface area contributed by atoms with Crippen LogP contribution < -0.4 is 21.0 Å². The average Bonchev–Trinajstić information content (AvgIpc) is 3.00. The third-order valence-electron chi connectivity index (χ3n) is 6.26. The topological polar surface area (TPSA) is 49.4 Å². The van der Waals surface area contributed by atoms with Gasteiger partial charge in [0.25, 0.3) is 0 Å². The fourth-order valence-electron chi connectivity index (χ4n) is 4.62. The van der Waals surface area contributed by atoms with Crippen molar-refractivity contribution >= 4 is 29.1 Å². The Balaban J connectivity index is 0.000000317.